The predicted octanol–water partition coefficient (Wildman–Crippen LogP) is 2.77. The molecule has 1 amide bonds. The Morgan fingerprint density at radius 1 is 1.27 bits per heavy atom. The van der Waals surface area contributed by atoms with Gasteiger partial charge in [0.2, 0.25) is 5.91 Å². The molecule has 1 fully saturated rings. The second kappa shape index (κ2) is 8.34. The summed E-state index contributed by atoms with van der Waals surface area (Å²) >= 11 is 1.84. The van der Waals surface area contributed by atoms with Gasteiger partial charge >= 0.3 is 0 Å². The van der Waals surface area contributed by atoms with E-state index in [-0.39, 0.29) is 11.7 Å². The second-order valence-electron chi connectivity index (χ2n) is 5.65. The molecule has 22 heavy (non-hydrogen) atoms. The molecule has 1 aromatic rings. The van der Waals surface area contributed by atoms with Gasteiger partial charge in [-0.1, -0.05) is 25.5 Å². The molecule has 1 aliphatic heterocycles. The van der Waals surface area contributed by atoms with Gasteiger partial charge in [0, 0.05) is 30.8 Å². The van der Waals surface area contributed by atoms with Crippen LogP contribution >= 0.6 is 11.8 Å². The van der Waals surface area contributed by atoms with Crippen molar-refractivity contribution in [3.8, 4) is 0 Å². The molecule has 5 heteroatoms. The van der Waals surface area contributed by atoms with Crippen molar-refractivity contribution in [2.24, 2.45) is 5.73 Å². The highest BCUT2D eigenvalue weighted by Crippen LogP contribution is 2.26. The maximum absolute atomic E-state index is 11.9. The molecule has 1 aromatic carbocycles. The van der Waals surface area contributed by atoms with Crippen LogP contribution < -0.4 is 5.73 Å². The quantitative estimate of drug-likeness (QED) is 0.620. The third kappa shape index (κ3) is 4.58. The minimum Gasteiger partial charge on any atom is -0.368 e. The largest absolute Gasteiger partial charge is 0.368 e. The molecule has 120 valence electrons. The Hall–Kier alpha value is -1.33. The van der Waals surface area contributed by atoms with Gasteiger partial charge < -0.3 is 5.73 Å². The second-order valence-corrected chi connectivity index (χ2v) is 6.82. The molecule has 1 unspecified atom stereocenters. The number of nitrogens with two attached hydrogens (primary N) is 1. The van der Waals surface area contributed by atoms with E-state index >= 15 is 0 Å². The number of likely N-dealkylation sites (tertiary alicyclic amines) is 1. The van der Waals surface area contributed by atoms with Crippen molar-refractivity contribution < 1.29 is 9.59 Å². The molecule has 0 aliphatic carbocycles. The zero-order valence-corrected chi connectivity index (χ0v) is 13.9. The third-order valence-electron chi connectivity index (χ3n) is 3.95. The number of carbonyl (C=O) groups excluding carboxylic acids is 2. The van der Waals surface area contributed by atoms with Crippen LogP contribution in [0.15, 0.2) is 29.2 Å². The molecule has 0 bridgehead atoms. The van der Waals surface area contributed by atoms with Crippen molar-refractivity contribution in [1.29, 1.82) is 0 Å². The summed E-state index contributed by atoms with van der Waals surface area (Å²) in [6.45, 7) is 3.41. The molecule has 1 heterocycles. The summed E-state index contributed by atoms with van der Waals surface area (Å²) in [5.41, 5.74) is 6.52. The van der Waals surface area contributed by atoms with E-state index in [9.17, 15) is 9.59 Å². The van der Waals surface area contributed by atoms with Gasteiger partial charge in [0.15, 0.2) is 0 Å². The van der Waals surface area contributed by atoms with Crippen LogP contribution in [0.25, 0.3) is 0 Å². The molecule has 2 rings (SSSR count). The van der Waals surface area contributed by atoms with E-state index in [4.69, 9.17) is 5.73 Å². The lowest BCUT2D eigenvalue weighted by Gasteiger charge is -2.32. The Morgan fingerprint density at radius 3 is 2.45 bits per heavy atom. The average Bonchev–Trinajstić information content (AvgIpc) is 2.51. The van der Waals surface area contributed by atoms with Gasteiger partial charge in [0.1, 0.15) is 11.8 Å². The molecule has 1 saturated heterocycles. The number of carbonyl (C=O) groups is 2. The fourth-order valence-electron chi connectivity index (χ4n) is 2.67. The third-order valence-corrected chi connectivity index (χ3v) is 5.05. The number of Topliss-reactive ketones (excluding diaryl/α,β-unsaturated/α-hetero) is 1. The Morgan fingerprint density at radius 2 is 1.91 bits per heavy atom. The molecule has 1 atom stereocenters. The van der Waals surface area contributed by atoms with Crippen molar-refractivity contribution in [3.05, 3.63) is 29.8 Å². The van der Waals surface area contributed by atoms with Gasteiger partial charge in [0.25, 0.3) is 0 Å². The van der Waals surface area contributed by atoms with E-state index in [0.29, 0.717) is 25.9 Å². The van der Waals surface area contributed by atoms with Gasteiger partial charge in [-0.15, -0.1) is 11.8 Å². The van der Waals surface area contributed by atoms with Crippen LogP contribution in [0.3, 0.4) is 0 Å². The van der Waals surface area contributed by atoms with Crippen LogP contribution in [0.5, 0.6) is 0 Å². The standard InChI is InChI=1S/C17H24N2O2S/c1-2-3-12-22-15-6-4-13(5-7-15)16(17(18)21)19-10-8-14(20)9-11-19/h4-7,16H,2-3,8-12H2,1H3,(H2,18,21). The van der Waals surface area contributed by atoms with Crippen LogP contribution in [0, 0.1) is 0 Å². The highest BCUT2D eigenvalue weighted by atomic mass is 32.2. The summed E-state index contributed by atoms with van der Waals surface area (Å²) in [4.78, 5) is 26.5. The number of rotatable bonds is 7. The molecule has 0 radical (unpaired) electrons. The van der Waals surface area contributed by atoms with Gasteiger partial charge in [-0.05, 0) is 29.9 Å². The van der Waals surface area contributed by atoms with Gasteiger partial charge in [-0.25, -0.2) is 0 Å². The monoisotopic (exact) mass is 320 g/mol. The lowest BCUT2D eigenvalue weighted by Crippen LogP contribution is -2.42. The lowest BCUT2D eigenvalue weighted by molar-refractivity contribution is -0.128. The number of hydrogen-bond donors (Lipinski definition) is 1. The Labute approximate surface area is 136 Å². The first kappa shape index (κ1) is 17.0. The maximum atomic E-state index is 11.9. The normalized spacial score (nSPS) is 17.4. The first-order valence-corrected chi connectivity index (χ1v) is 8.88. The van der Waals surface area contributed by atoms with Crippen LogP contribution in [0.2, 0.25) is 0 Å². The minimum atomic E-state index is -0.428. The van der Waals surface area contributed by atoms with Gasteiger partial charge in [0.05, 0.1) is 0 Å². The molecule has 0 spiro atoms. The van der Waals surface area contributed by atoms with Crippen LogP contribution in [-0.2, 0) is 9.59 Å². The van der Waals surface area contributed by atoms with E-state index in [0.717, 1.165) is 11.3 Å². The number of thioether (sulfide) groups is 1. The summed E-state index contributed by atoms with van der Waals surface area (Å²) in [7, 11) is 0. The fraction of sp³-hybridized carbons (Fsp3) is 0.529. The number of hydrogen-bond acceptors (Lipinski definition) is 4. The molecular formula is C17H24N2O2S. The first-order chi connectivity index (χ1) is 10.6. The van der Waals surface area contributed by atoms with E-state index in [1.165, 1.54) is 17.7 Å². The molecule has 0 saturated carbocycles. The Balaban J connectivity index is 2.05. The number of primary amides is 1. The average molecular weight is 320 g/mol. The SMILES string of the molecule is CCCCSc1ccc(C(C(N)=O)N2CCC(=O)CC2)cc1. The van der Waals surface area contributed by atoms with Crippen molar-refractivity contribution in [1.82, 2.24) is 4.90 Å². The first-order valence-electron chi connectivity index (χ1n) is 7.89. The summed E-state index contributed by atoms with van der Waals surface area (Å²) in [5, 5.41) is 0. The van der Waals surface area contributed by atoms with Crippen molar-refractivity contribution >= 4 is 23.5 Å². The van der Waals surface area contributed by atoms with Crippen molar-refractivity contribution in [3.63, 3.8) is 0 Å². The summed E-state index contributed by atoms with van der Waals surface area (Å²) in [6, 6.07) is 7.66. The minimum absolute atomic E-state index is 0.266. The topological polar surface area (TPSA) is 63.4 Å². The van der Waals surface area contributed by atoms with E-state index in [2.05, 4.69) is 19.1 Å². The smallest absolute Gasteiger partial charge is 0.239 e. The number of benzene rings is 1. The number of ketones is 1. The van der Waals surface area contributed by atoms with Crippen LogP contribution in [-0.4, -0.2) is 35.4 Å². The zero-order chi connectivity index (χ0) is 15.9. The van der Waals surface area contributed by atoms with Gasteiger partial charge in [-0.3, -0.25) is 14.5 Å². The Bertz CT molecular complexity index is 506. The van der Waals surface area contributed by atoms with E-state index in [1.807, 2.05) is 28.8 Å². The summed E-state index contributed by atoms with van der Waals surface area (Å²) in [5.74, 6) is 1.03. The lowest BCUT2D eigenvalue weighted by atomic mass is 10.0. The van der Waals surface area contributed by atoms with Crippen LogP contribution in [0.1, 0.15) is 44.2 Å². The highest BCUT2D eigenvalue weighted by molar-refractivity contribution is 7.99. The number of amides is 1. The fourth-order valence-corrected chi connectivity index (χ4v) is 3.66. The van der Waals surface area contributed by atoms with Gasteiger partial charge in [-0.2, -0.15) is 0 Å². The summed E-state index contributed by atoms with van der Waals surface area (Å²) in [6.07, 6.45) is 3.42. The number of piperidine rings is 1. The maximum Gasteiger partial charge on any atom is 0.239 e. The molecule has 4 nitrogen and oxygen atoms in total. The molecule has 1 aliphatic rings. The zero-order valence-electron chi connectivity index (χ0n) is 13.1. The van der Waals surface area contributed by atoms with E-state index < -0.39 is 6.04 Å². The summed E-state index contributed by atoms with van der Waals surface area (Å²) < 4.78 is 0. The molecule has 2 N–H and O–H groups in total. The molecule has 0 aromatic heterocycles. The highest BCUT2D eigenvalue weighted by Gasteiger charge is 2.28. The van der Waals surface area contributed by atoms with Crippen LogP contribution in [0.4, 0.5) is 0 Å². The van der Waals surface area contributed by atoms with E-state index in [1.54, 1.807) is 0 Å². The number of nitrogens with zero attached hydrogens (tertiary/aromatic N) is 1. The number of unbranched alkanes of at least 4 members (excludes halogenated alkanes) is 1. The predicted molar refractivity (Wildman–Crippen MR) is 89.8 cm³/mol. The Kier molecular flexibility index (Phi) is 6.46. The molecular weight excluding hydrogens is 296 g/mol. The van der Waals surface area contributed by atoms with Crippen molar-refractivity contribution in [2.75, 3.05) is 18.8 Å². The van der Waals surface area contributed by atoms with Crippen molar-refractivity contribution in [2.45, 2.75) is 43.5 Å².